The number of carbonyl (C=O) groups excluding carboxylic acids is 1. The molecule has 0 aromatic heterocycles. The van der Waals surface area contributed by atoms with Gasteiger partial charge in [0.2, 0.25) is 0 Å². The molecule has 0 saturated carbocycles. The molecule has 9 heteroatoms. The summed E-state index contributed by atoms with van der Waals surface area (Å²) >= 11 is 0. The molecule has 1 nitrogen and oxygen atoms in total. The molecule has 130 valence electrons. The molecule has 2 aromatic rings. The van der Waals surface area contributed by atoms with Crippen LogP contribution in [-0.4, -0.2) is 5.52 Å². The van der Waals surface area contributed by atoms with Gasteiger partial charge >= 0.3 is 31.2 Å². The Bertz CT molecular complexity index is 744. The summed E-state index contributed by atoms with van der Waals surface area (Å²) in [6.45, 7) is 1.63. The second-order valence-electron chi connectivity index (χ2n) is 4.99. The first kappa shape index (κ1) is 21.8. The molecule has 0 aliphatic carbocycles. The zero-order valence-corrected chi connectivity index (χ0v) is 14.2. The normalized spacial score (nSPS) is 12.3. The molecule has 1 unspecified atom stereocenters. The number of alkyl halides is 6. The number of hydrogen-bond acceptors (Lipinski definition) is 1. The van der Waals surface area contributed by atoms with Crippen LogP contribution in [0.1, 0.15) is 28.5 Å². The summed E-state index contributed by atoms with van der Waals surface area (Å²) in [5.41, 5.74) is -5.02. The quantitative estimate of drug-likeness (QED) is 0.459. The van der Waals surface area contributed by atoms with E-state index in [1.165, 1.54) is 6.07 Å². The molecule has 2 aromatic carbocycles. The third kappa shape index (κ3) is 5.10. The van der Waals surface area contributed by atoms with Crippen LogP contribution in [0.25, 0.3) is 0 Å². The van der Waals surface area contributed by atoms with E-state index in [1.807, 2.05) is 0 Å². The molecule has 0 spiro atoms. The van der Waals surface area contributed by atoms with Crippen LogP contribution >= 0.6 is 8.58 Å². The summed E-state index contributed by atoms with van der Waals surface area (Å²) in [5, 5.41) is 0.410. The first-order valence-electron chi connectivity index (χ1n) is 6.66. The topological polar surface area (TPSA) is 17.1 Å². The second-order valence-corrected chi connectivity index (χ2v) is 6.24. The summed E-state index contributed by atoms with van der Waals surface area (Å²) in [4.78, 5) is 12.3. The van der Waals surface area contributed by atoms with Crippen molar-refractivity contribution in [2.45, 2.75) is 19.3 Å². The van der Waals surface area contributed by atoms with Gasteiger partial charge in [0.05, 0.1) is 11.1 Å². The Balaban J connectivity index is 0.00000312. The van der Waals surface area contributed by atoms with E-state index in [4.69, 9.17) is 0 Å². The van der Waals surface area contributed by atoms with Gasteiger partial charge in [-0.2, -0.15) is 26.3 Å². The molecule has 0 bridgehead atoms. The molecule has 1 atom stereocenters. The molecule has 0 saturated heterocycles. The summed E-state index contributed by atoms with van der Waals surface area (Å²) in [5.74, 6) is 0. The fourth-order valence-electron chi connectivity index (χ4n) is 2.17. The van der Waals surface area contributed by atoms with Crippen molar-refractivity contribution in [3.63, 3.8) is 0 Å². The summed E-state index contributed by atoms with van der Waals surface area (Å²) in [6, 6.07) is 8.02. The van der Waals surface area contributed by atoms with Crippen molar-refractivity contribution in [2.24, 2.45) is 0 Å². The monoisotopic (exact) mass is 372 g/mol. The van der Waals surface area contributed by atoms with Gasteiger partial charge in [-0.3, -0.25) is 4.79 Å². The first-order chi connectivity index (χ1) is 11.0. The predicted octanol–water partition coefficient (Wildman–Crippen LogP) is 2.29. The van der Waals surface area contributed by atoms with Crippen LogP contribution in [0, 0.1) is 6.92 Å². The maximum absolute atomic E-state index is 13.1. The molecule has 0 amide bonds. The number of benzene rings is 2. The molecular weight excluding hydrogens is 360 g/mol. The second kappa shape index (κ2) is 7.95. The summed E-state index contributed by atoms with van der Waals surface area (Å²) < 4.78 is 78.5. The van der Waals surface area contributed by atoms with Gasteiger partial charge in [0.1, 0.15) is 0 Å². The minimum atomic E-state index is -5.05. The van der Waals surface area contributed by atoms with E-state index in [1.54, 1.807) is 25.1 Å². The molecule has 2 rings (SSSR count). The SMILES string of the molecule is Cc1ccccc1PC(=O)c1c(C(F)(F)F)cccc1C(F)(F)F.[H-].[Li+]. The Labute approximate surface area is 155 Å². The van der Waals surface area contributed by atoms with E-state index in [9.17, 15) is 31.1 Å². The van der Waals surface area contributed by atoms with Gasteiger partial charge < -0.3 is 1.43 Å². The third-order valence-electron chi connectivity index (χ3n) is 3.30. The minimum absolute atomic E-state index is 0. The van der Waals surface area contributed by atoms with E-state index in [0.717, 1.165) is 0 Å². The minimum Gasteiger partial charge on any atom is -1.00 e. The standard InChI is InChI=1S/C16H11F6OP.Li.H/c1-9-5-2-3-8-12(9)24-14(23)13-10(15(17,18)19)6-4-7-11(13)16(20,21)22;;/h2-8,24H,1H3;;/q;+1;-1. The van der Waals surface area contributed by atoms with E-state index in [2.05, 4.69) is 0 Å². The van der Waals surface area contributed by atoms with Crippen molar-refractivity contribution in [1.29, 1.82) is 0 Å². The van der Waals surface area contributed by atoms with E-state index in [-0.39, 0.29) is 20.3 Å². The van der Waals surface area contributed by atoms with Crippen LogP contribution in [0.3, 0.4) is 0 Å². The zero-order chi connectivity index (χ0) is 18.1. The summed E-state index contributed by atoms with van der Waals surface area (Å²) in [6.07, 6.45) is -10.1. The van der Waals surface area contributed by atoms with E-state index >= 15 is 0 Å². The van der Waals surface area contributed by atoms with Crippen LogP contribution in [0.5, 0.6) is 0 Å². The number of carbonyl (C=O) groups is 1. The van der Waals surface area contributed by atoms with E-state index < -0.39 is 43.1 Å². The Morgan fingerprint density at radius 2 is 1.36 bits per heavy atom. The van der Waals surface area contributed by atoms with Crippen molar-refractivity contribution in [2.75, 3.05) is 0 Å². The first-order valence-corrected chi connectivity index (χ1v) is 7.66. The van der Waals surface area contributed by atoms with Crippen molar-refractivity contribution in [3.8, 4) is 0 Å². The van der Waals surface area contributed by atoms with Crippen molar-refractivity contribution >= 4 is 19.4 Å². The number of hydrogen-bond donors (Lipinski definition) is 0. The van der Waals surface area contributed by atoms with Crippen molar-refractivity contribution in [1.82, 2.24) is 0 Å². The maximum Gasteiger partial charge on any atom is 1.00 e. The van der Waals surface area contributed by atoms with Gasteiger partial charge in [-0.1, -0.05) is 30.3 Å². The molecule has 0 N–H and O–H groups in total. The molecule has 0 radical (unpaired) electrons. The average Bonchev–Trinajstić information content (AvgIpc) is 2.47. The average molecular weight is 372 g/mol. The smallest absolute Gasteiger partial charge is 1.00 e. The maximum atomic E-state index is 13.1. The van der Waals surface area contributed by atoms with Crippen molar-refractivity contribution < 1.29 is 51.4 Å². The fourth-order valence-corrected chi connectivity index (χ4v) is 3.27. The molecule has 0 fully saturated rings. The molecule has 0 aliphatic rings. The molecule has 0 heterocycles. The number of aryl methyl sites for hydroxylation is 1. The van der Waals surface area contributed by atoms with E-state index in [0.29, 0.717) is 29.1 Å². The molecule has 0 aliphatic heterocycles. The van der Waals surface area contributed by atoms with Crippen LogP contribution in [-0.2, 0) is 12.4 Å². The van der Waals surface area contributed by atoms with Crippen LogP contribution in [0.4, 0.5) is 26.3 Å². The van der Waals surface area contributed by atoms with Gasteiger partial charge in [0.25, 0.3) is 0 Å². The van der Waals surface area contributed by atoms with Crippen LogP contribution < -0.4 is 24.2 Å². The Kier molecular flexibility index (Phi) is 6.92. The van der Waals surface area contributed by atoms with Crippen molar-refractivity contribution in [3.05, 3.63) is 64.7 Å². The Hall–Kier alpha value is -1.28. The largest absolute Gasteiger partial charge is 1.00 e. The molecule has 25 heavy (non-hydrogen) atoms. The fraction of sp³-hybridized carbons (Fsp3) is 0.188. The number of rotatable bonds is 3. The van der Waals surface area contributed by atoms with Gasteiger partial charge in [-0.15, -0.1) is 0 Å². The Morgan fingerprint density at radius 3 is 1.80 bits per heavy atom. The van der Waals surface area contributed by atoms with Gasteiger partial charge in [0, 0.05) is 5.56 Å². The zero-order valence-electron chi connectivity index (χ0n) is 14.2. The van der Waals surface area contributed by atoms with Crippen LogP contribution in [0.2, 0.25) is 0 Å². The van der Waals surface area contributed by atoms with Gasteiger partial charge in [-0.25, -0.2) is 0 Å². The summed E-state index contributed by atoms with van der Waals surface area (Å²) in [7, 11) is -0.833. The Morgan fingerprint density at radius 1 is 0.880 bits per heavy atom. The number of halogens is 6. The predicted molar refractivity (Wildman–Crippen MR) is 81.0 cm³/mol. The third-order valence-corrected chi connectivity index (χ3v) is 4.60. The van der Waals surface area contributed by atoms with Crippen LogP contribution in [0.15, 0.2) is 42.5 Å². The molecular formula is C16H12F6LiOP. The van der Waals surface area contributed by atoms with Gasteiger partial charge in [-0.05, 0) is 38.5 Å². The van der Waals surface area contributed by atoms with Gasteiger partial charge in [0.15, 0.2) is 5.52 Å².